The summed E-state index contributed by atoms with van der Waals surface area (Å²) in [6, 6.07) is 0.0999. The first-order valence-electron chi connectivity index (χ1n) is 6.77. The Morgan fingerprint density at radius 1 is 1.00 bits per heavy atom. The van der Waals surface area contributed by atoms with Crippen molar-refractivity contribution in [2.45, 2.75) is 57.7 Å². The number of hydrogen-bond acceptors (Lipinski definition) is 1. The molecule has 0 aromatic carbocycles. The van der Waals surface area contributed by atoms with Crippen LogP contribution in [-0.4, -0.2) is 18.8 Å². The van der Waals surface area contributed by atoms with Gasteiger partial charge in [0, 0.05) is 6.04 Å². The van der Waals surface area contributed by atoms with Crippen LogP contribution in [0.5, 0.6) is 0 Å². The summed E-state index contributed by atoms with van der Waals surface area (Å²) in [7, 11) is 0. The van der Waals surface area contributed by atoms with E-state index in [4.69, 9.17) is 0 Å². The van der Waals surface area contributed by atoms with E-state index in [1.807, 2.05) is 0 Å². The van der Waals surface area contributed by atoms with Crippen molar-refractivity contribution in [3.8, 4) is 0 Å². The first-order valence-corrected chi connectivity index (χ1v) is 6.77. The Morgan fingerprint density at radius 2 is 1.65 bits per heavy atom. The summed E-state index contributed by atoms with van der Waals surface area (Å²) < 4.78 is 38.1. The van der Waals surface area contributed by atoms with Crippen molar-refractivity contribution in [3.05, 3.63) is 0 Å². The minimum absolute atomic E-state index is 0.0999. The second-order valence-corrected chi connectivity index (χ2v) is 5.84. The van der Waals surface area contributed by atoms with E-state index in [0.29, 0.717) is 18.9 Å². The molecular weight excluding hydrogens is 227 g/mol. The van der Waals surface area contributed by atoms with Crippen molar-refractivity contribution in [1.29, 1.82) is 0 Å². The lowest BCUT2D eigenvalue weighted by atomic mass is 9.75. The zero-order chi connectivity index (χ0) is 12.5. The van der Waals surface area contributed by atoms with E-state index in [2.05, 4.69) is 12.2 Å². The van der Waals surface area contributed by atoms with Crippen LogP contribution in [0.2, 0.25) is 0 Å². The number of halogens is 3. The molecule has 17 heavy (non-hydrogen) atoms. The number of piperidine rings is 1. The molecule has 2 atom stereocenters. The SMILES string of the molecule is CC1CCC(C2CC(C(F)(F)F)CCN2)CC1. The Balaban J connectivity index is 1.89. The molecule has 100 valence electrons. The quantitative estimate of drug-likeness (QED) is 0.746. The fourth-order valence-electron chi connectivity index (χ4n) is 3.30. The molecule has 2 unspecified atom stereocenters. The maximum Gasteiger partial charge on any atom is 0.391 e. The van der Waals surface area contributed by atoms with E-state index < -0.39 is 12.1 Å². The summed E-state index contributed by atoms with van der Waals surface area (Å²) in [6.07, 6.45) is 1.11. The summed E-state index contributed by atoms with van der Waals surface area (Å²) >= 11 is 0. The molecule has 2 rings (SSSR count). The second-order valence-electron chi connectivity index (χ2n) is 5.84. The third-order valence-corrected chi connectivity index (χ3v) is 4.53. The van der Waals surface area contributed by atoms with Gasteiger partial charge in [0.15, 0.2) is 0 Å². The lowest BCUT2D eigenvalue weighted by Gasteiger charge is -2.39. The smallest absolute Gasteiger partial charge is 0.314 e. The van der Waals surface area contributed by atoms with E-state index in [9.17, 15) is 13.2 Å². The topological polar surface area (TPSA) is 12.0 Å². The lowest BCUT2D eigenvalue weighted by molar-refractivity contribution is -0.184. The largest absolute Gasteiger partial charge is 0.391 e. The highest BCUT2D eigenvalue weighted by molar-refractivity contribution is 4.88. The number of alkyl halides is 3. The van der Waals surface area contributed by atoms with E-state index in [1.54, 1.807) is 0 Å². The van der Waals surface area contributed by atoms with Gasteiger partial charge in [-0.15, -0.1) is 0 Å². The van der Waals surface area contributed by atoms with Crippen LogP contribution < -0.4 is 5.32 Å². The van der Waals surface area contributed by atoms with Gasteiger partial charge in [-0.3, -0.25) is 0 Å². The van der Waals surface area contributed by atoms with Gasteiger partial charge in [0.1, 0.15) is 0 Å². The Labute approximate surface area is 101 Å². The van der Waals surface area contributed by atoms with Crippen molar-refractivity contribution in [2.24, 2.45) is 17.8 Å². The molecule has 2 aliphatic rings. The molecule has 2 fully saturated rings. The summed E-state index contributed by atoms with van der Waals surface area (Å²) in [6.45, 7) is 2.77. The summed E-state index contributed by atoms with van der Waals surface area (Å²) in [5.41, 5.74) is 0. The van der Waals surface area contributed by atoms with E-state index in [1.165, 1.54) is 12.8 Å². The summed E-state index contributed by atoms with van der Waals surface area (Å²) in [4.78, 5) is 0. The zero-order valence-corrected chi connectivity index (χ0v) is 10.4. The van der Waals surface area contributed by atoms with Crippen LogP contribution in [0.3, 0.4) is 0 Å². The fourth-order valence-corrected chi connectivity index (χ4v) is 3.30. The van der Waals surface area contributed by atoms with Gasteiger partial charge in [0.2, 0.25) is 0 Å². The van der Waals surface area contributed by atoms with E-state index in [-0.39, 0.29) is 12.5 Å². The molecule has 0 aromatic heterocycles. The second kappa shape index (κ2) is 5.17. The molecule has 1 saturated heterocycles. The molecule has 1 aliphatic carbocycles. The maximum absolute atomic E-state index is 12.7. The Kier molecular flexibility index (Phi) is 4.01. The normalized spacial score (nSPS) is 40.2. The standard InChI is InChI=1S/C13H22F3N/c1-9-2-4-10(5-3-9)12-8-11(6-7-17-12)13(14,15)16/h9-12,17H,2-8H2,1H3. The van der Waals surface area contributed by atoms with Crippen LogP contribution in [0.1, 0.15) is 45.4 Å². The van der Waals surface area contributed by atoms with Crippen LogP contribution in [0.15, 0.2) is 0 Å². The van der Waals surface area contributed by atoms with Crippen LogP contribution in [0.25, 0.3) is 0 Å². The van der Waals surface area contributed by atoms with Gasteiger partial charge in [-0.2, -0.15) is 13.2 Å². The van der Waals surface area contributed by atoms with Gasteiger partial charge in [0.25, 0.3) is 0 Å². The molecule has 0 amide bonds. The van der Waals surface area contributed by atoms with Gasteiger partial charge in [-0.25, -0.2) is 0 Å². The molecule has 0 spiro atoms. The number of hydrogen-bond donors (Lipinski definition) is 1. The molecule has 0 aromatic rings. The van der Waals surface area contributed by atoms with Gasteiger partial charge in [-0.05, 0) is 44.1 Å². The molecule has 0 bridgehead atoms. The summed E-state index contributed by atoms with van der Waals surface area (Å²) in [5.74, 6) is 0.151. The van der Waals surface area contributed by atoms with Crippen LogP contribution in [0.4, 0.5) is 13.2 Å². The first kappa shape index (κ1) is 13.2. The van der Waals surface area contributed by atoms with Crippen LogP contribution in [-0.2, 0) is 0 Å². The van der Waals surface area contributed by atoms with Crippen molar-refractivity contribution in [1.82, 2.24) is 5.32 Å². The first-order chi connectivity index (χ1) is 7.97. The average molecular weight is 249 g/mol. The van der Waals surface area contributed by atoms with Gasteiger partial charge in [-0.1, -0.05) is 19.8 Å². The predicted octanol–water partition coefficient (Wildman–Crippen LogP) is 3.74. The van der Waals surface area contributed by atoms with Crippen LogP contribution >= 0.6 is 0 Å². The summed E-state index contributed by atoms with van der Waals surface area (Å²) in [5, 5.41) is 3.31. The van der Waals surface area contributed by atoms with Crippen molar-refractivity contribution in [3.63, 3.8) is 0 Å². The highest BCUT2D eigenvalue weighted by Crippen LogP contribution is 2.39. The van der Waals surface area contributed by atoms with Gasteiger partial charge >= 0.3 is 6.18 Å². The Morgan fingerprint density at radius 3 is 2.24 bits per heavy atom. The zero-order valence-electron chi connectivity index (χ0n) is 10.4. The minimum atomic E-state index is -4.00. The molecule has 1 nitrogen and oxygen atoms in total. The maximum atomic E-state index is 12.7. The molecule has 1 saturated carbocycles. The van der Waals surface area contributed by atoms with Gasteiger partial charge in [0.05, 0.1) is 5.92 Å². The highest BCUT2D eigenvalue weighted by Gasteiger charge is 2.43. The predicted molar refractivity (Wildman–Crippen MR) is 61.7 cm³/mol. The third-order valence-electron chi connectivity index (χ3n) is 4.53. The molecule has 0 radical (unpaired) electrons. The number of nitrogens with one attached hydrogen (secondary N) is 1. The molecule has 1 aliphatic heterocycles. The molecule has 4 heteroatoms. The Bertz CT molecular complexity index is 244. The van der Waals surface area contributed by atoms with E-state index in [0.717, 1.165) is 18.8 Å². The number of rotatable bonds is 1. The van der Waals surface area contributed by atoms with E-state index >= 15 is 0 Å². The monoisotopic (exact) mass is 249 g/mol. The molecule has 1 heterocycles. The molecular formula is C13H22F3N. The fraction of sp³-hybridized carbons (Fsp3) is 1.00. The minimum Gasteiger partial charge on any atom is -0.314 e. The average Bonchev–Trinajstić information content (AvgIpc) is 2.29. The lowest BCUT2D eigenvalue weighted by Crippen LogP contribution is -2.47. The van der Waals surface area contributed by atoms with Crippen molar-refractivity contribution in [2.75, 3.05) is 6.54 Å². The van der Waals surface area contributed by atoms with Crippen LogP contribution in [0, 0.1) is 17.8 Å². The molecule has 1 N–H and O–H groups in total. The van der Waals surface area contributed by atoms with Crippen molar-refractivity contribution >= 4 is 0 Å². The Hall–Kier alpha value is -0.250. The highest BCUT2D eigenvalue weighted by atomic mass is 19.4. The third kappa shape index (κ3) is 3.36. The van der Waals surface area contributed by atoms with Crippen molar-refractivity contribution < 1.29 is 13.2 Å². The van der Waals surface area contributed by atoms with Gasteiger partial charge < -0.3 is 5.32 Å².